The van der Waals surface area contributed by atoms with Crippen molar-refractivity contribution in [3.8, 4) is 0 Å². The van der Waals surface area contributed by atoms with Gasteiger partial charge in [-0.25, -0.2) is 0 Å². The van der Waals surface area contributed by atoms with Gasteiger partial charge in [0.15, 0.2) is 0 Å². The number of rotatable bonds is 1. The summed E-state index contributed by atoms with van der Waals surface area (Å²) < 4.78 is 0. The lowest BCUT2D eigenvalue weighted by Crippen LogP contribution is -3.00. The SMILES string of the molecule is CC(C)=CC(C)[NH3+].[Br-]. The number of allylic oxidation sites excluding steroid dienone is 1. The molecule has 1 unspecified atom stereocenters. The van der Waals surface area contributed by atoms with Gasteiger partial charge in [0.25, 0.3) is 0 Å². The highest BCUT2D eigenvalue weighted by Crippen LogP contribution is 1.87. The summed E-state index contributed by atoms with van der Waals surface area (Å²) in [5.74, 6) is 0. The van der Waals surface area contributed by atoms with Crippen LogP contribution in [0.3, 0.4) is 0 Å². The van der Waals surface area contributed by atoms with E-state index in [1.165, 1.54) is 5.57 Å². The van der Waals surface area contributed by atoms with Crippen LogP contribution in [0.2, 0.25) is 0 Å². The molecule has 0 aliphatic rings. The highest BCUT2D eigenvalue weighted by Gasteiger charge is 1.86. The molecule has 0 fully saturated rings. The smallest absolute Gasteiger partial charge is 0.100 e. The van der Waals surface area contributed by atoms with Crippen LogP contribution >= 0.6 is 0 Å². The summed E-state index contributed by atoms with van der Waals surface area (Å²) in [4.78, 5) is 0. The van der Waals surface area contributed by atoms with E-state index in [0.29, 0.717) is 6.04 Å². The molecule has 1 nitrogen and oxygen atoms in total. The zero-order valence-electron chi connectivity index (χ0n) is 5.74. The van der Waals surface area contributed by atoms with Gasteiger partial charge < -0.3 is 22.7 Å². The molecule has 0 aliphatic carbocycles. The molecule has 0 saturated carbocycles. The maximum atomic E-state index is 3.80. The van der Waals surface area contributed by atoms with E-state index in [0.717, 1.165) is 0 Å². The summed E-state index contributed by atoms with van der Waals surface area (Å²) in [6.07, 6.45) is 2.14. The Morgan fingerprint density at radius 1 is 1.50 bits per heavy atom. The van der Waals surface area contributed by atoms with Crippen molar-refractivity contribution in [3.63, 3.8) is 0 Å². The largest absolute Gasteiger partial charge is 1.00 e. The van der Waals surface area contributed by atoms with E-state index in [1.54, 1.807) is 0 Å². The summed E-state index contributed by atoms with van der Waals surface area (Å²) in [6, 6.07) is 0.463. The molecule has 0 bridgehead atoms. The molecule has 0 radical (unpaired) electrons. The predicted molar refractivity (Wildman–Crippen MR) is 31.8 cm³/mol. The van der Waals surface area contributed by atoms with Crippen LogP contribution in [-0.4, -0.2) is 6.04 Å². The summed E-state index contributed by atoms with van der Waals surface area (Å²) in [7, 11) is 0. The topological polar surface area (TPSA) is 27.6 Å². The van der Waals surface area contributed by atoms with Gasteiger partial charge in [-0.1, -0.05) is 5.57 Å². The average molecular weight is 180 g/mol. The molecule has 8 heavy (non-hydrogen) atoms. The van der Waals surface area contributed by atoms with Gasteiger partial charge in [-0.2, -0.15) is 0 Å². The molecule has 50 valence electrons. The van der Waals surface area contributed by atoms with Crippen LogP contribution in [0.15, 0.2) is 11.6 Å². The lowest BCUT2D eigenvalue weighted by Gasteiger charge is -1.90. The van der Waals surface area contributed by atoms with Crippen molar-refractivity contribution in [2.24, 2.45) is 0 Å². The maximum Gasteiger partial charge on any atom is 0.100 e. The molecule has 0 saturated heterocycles. The zero-order valence-corrected chi connectivity index (χ0v) is 7.33. The van der Waals surface area contributed by atoms with Crippen LogP contribution in [0.5, 0.6) is 0 Å². The predicted octanol–water partition coefficient (Wildman–Crippen LogP) is -2.41. The van der Waals surface area contributed by atoms with E-state index >= 15 is 0 Å². The molecule has 0 heterocycles. The van der Waals surface area contributed by atoms with Gasteiger partial charge in [0.1, 0.15) is 6.04 Å². The lowest BCUT2D eigenvalue weighted by molar-refractivity contribution is -0.397. The molecule has 0 spiro atoms. The third-order valence-corrected chi connectivity index (χ3v) is 0.618. The van der Waals surface area contributed by atoms with Crippen molar-refractivity contribution in [2.45, 2.75) is 26.8 Å². The van der Waals surface area contributed by atoms with E-state index < -0.39 is 0 Å². The Kier molecular flexibility index (Phi) is 7.34. The second kappa shape index (κ2) is 5.32. The first-order valence-electron chi connectivity index (χ1n) is 2.61. The summed E-state index contributed by atoms with van der Waals surface area (Å²) >= 11 is 0. The summed E-state index contributed by atoms with van der Waals surface area (Å²) in [5.41, 5.74) is 5.15. The number of quaternary nitrogens is 1. The molecule has 0 rings (SSSR count). The van der Waals surface area contributed by atoms with Crippen molar-refractivity contribution < 1.29 is 22.7 Å². The highest BCUT2D eigenvalue weighted by atomic mass is 79.9. The minimum absolute atomic E-state index is 0. The first-order valence-corrected chi connectivity index (χ1v) is 2.61. The van der Waals surface area contributed by atoms with Crippen LogP contribution in [-0.2, 0) is 0 Å². The molecule has 1 atom stereocenters. The quantitative estimate of drug-likeness (QED) is 0.435. The summed E-state index contributed by atoms with van der Waals surface area (Å²) in [5, 5.41) is 0. The molecule has 0 aromatic heterocycles. The van der Waals surface area contributed by atoms with E-state index in [9.17, 15) is 0 Å². The average Bonchev–Trinajstić information content (AvgIpc) is 1.27. The summed E-state index contributed by atoms with van der Waals surface area (Å²) in [6.45, 7) is 6.25. The Bertz CT molecular complexity index is 72.6. The number of hydrogen-bond donors (Lipinski definition) is 1. The minimum atomic E-state index is 0. The first kappa shape index (κ1) is 11.0. The number of halogens is 1. The van der Waals surface area contributed by atoms with E-state index in [1.807, 2.05) is 0 Å². The molecule has 0 amide bonds. The van der Waals surface area contributed by atoms with E-state index in [2.05, 4.69) is 32.6 Å². The van der Waals surface area contributed by atoms with Crippen LogP contribution in [0.1, 0.15) is 20.8 Å². The molecule has 3 N–H and O–H groups in total. The molecule has 2 heteroatoms. The Morgan fingerprint density at radius 3 is 1.88 bits per heavy atom. The van der Waals surface area contributed by atoms with Crippen molar-refractivity contribution in [3.05, 3.63) is 11.6 Å². The Morgan fingerprint density at radius 2 is 1.88 bits per heavy atom. The van der Waals surface area contributed by atoms with Crippen molar-refractivity contribution in [2.75, 3.05) is 0 Å². The molecular formula is C6H14BrN. The van der Waals surface area contributed by atoms with Gasteiger partial charge in [-0.15, -0.1) is 0 Å². The zero-order chi connectivity index (χ0) is 5.86. The fraction of sp³-hybridized carbons (Fsp3) is 0.667. The lowest BCUT2D eigenvalue weighted by atomic mass is 10.2. The van der Waals surface area contributed by atoms with E-state index in [-0.39, 0.29) is 17.0 Å². The number of hydrogen-bond acceptors (Lipinski definition) is 0. The van der Waals surface area contributed by atoms with Crippen molar-refractivity contribution in [1.82, 2.24) is 0 Å². The molecule has 0 aromatic carbocycles. The van der Waals surface area contributed by atoms with Crippen molar-refractivity contribution in [1.29, 1.82) is 0 Å². The Hall–Kier alpha value is 0.180. The third kappa shape index (κ3) is 9.49. The molecule has 0 aromatic rings. The fourth-order valence-corrected chi connectivity index (χ4v) is 0.569. The van der Waals surface area contributed by atoms with Crippen LogP contribution in [0, 0.1) is 0 Å². The second-order valence-corrected chi connectivity index (χ2v) is 2.22. The maximum absolute atomic E-state index is 3.80. The fourth-order valence-electron chi connectivity index (χ4n) is 0.569. The molecular weight excluding hydrogens is 166 g/mol. The van der Waals surface area contributed by atoms with Gasteiger partial charge in [0.05, 0.1) is 0 Å². The van der Waals surface area contributed by atoms with Gasteiger partial charge in [0, 0.05) is 0 Å². The van der Waals surface area contributed by atoms with Gasteiger partial charge in [-0.05, 0) is 26.8 Å². The van der Waals surface area contributed by atoms with Gasteiger partial charge in [-0.3, -0.25) is 0 Å². The first-order chi connectivity index (χ1) is 3.13. The van der Waals surface area contributed by atoms with E-state index in [4.69, 9.17) is 0 Å². The third-order valence-electron chi connectivity index (χ3n) is 0.618. The minimum Gasteiger partial charge on any atom is -1.00 e. The molecule has 0 aliphatic heterocycles. The van der Waals surface area contributed by atoms with Crippen LogP contribution in [0.4, 0.5) is 0 Å². The Labute approximate surface area is 61.7 Å². The van der Waals surface area contributed by atoms with Crippen LogP contribution < -0.4 is 22.7 Å². The van der Waals surface area contributed by atoms with Crippen LogP contribution in [0.25, 0.3) is 0 Å². The van der Waals surface area contributed by atoms with Gasteiger partial charge in [0.2, 0.25) is 0 Å². The normalized spacial score (nSPS) is 11.5. The standard InChI is InChI=1S/C6H13N.BrH/c1-5(2)4-6(3)7;/h4,6H,7H2,1-3H3;1H. The highest BCUT2D eigenvalue weighted by molar-refractivity contribution is 4.95. The monoisotopic (exact) mass is 179 g/mol. The second-order valence-electron chi connectivity index (χ2n) is 2.22. The van der Waals surface area contributed by atoms with Crippen molar-refractivity contribution >= 4 is 0 Å². The Balaban J connectivity index is 0. The van der Waals surface area contributed by atoms with Gasteiger partial charge >= 0.3 is 0 Å².